The number of hydrogen-bond donors (Lipinski definition) is 1. The minimum Gasteiger partial charge on any atom is -0.447 e. The van der Waals surface area contributed by atoms with Crippen molar-refractivity contribution in [1.82, 2.24) is 5.32 Å². The molecule has 0 radical (unpaired) electrons. The van der Waals surface area contributed by atoms with Crippen molar-refractivity contribution in [2.45, 2.75) is 36.3 Å². The van der Waals surface area contributed by atoms with Crippen molar-refractivity contribution in [2.24, 2.45) is 0 Å². The van der Waals surface area contributed by atoms with Crippen LogP contribution in [0.25, 0.3) is 0 Å². The lowest BCUT2D eigenvalue weighted by atomic mass is 10.1. The molecule has 0 aliphatic rings. The van der Waals surface area contributed by atoms with Gasteiger partial charge >= 0.3 is 0 Å². The summed E-state index contributed by atoms with van der Waals surface area (Å²) in [5.74, 6) is 0.141. The molecule has 4 nitrogen and oxygen atoms in total. The molecule has 1 aromatic carbocycles. The normalized spacial score (nSPS) is 11.2. The monoisotopic (exact) mass is 303 g/mol. The molecule has 0 saturated heterocycles. The van der Waals surface area contributed by atoms with E-state index < -0.39 is 0 Å². The smallest absolute Gasteiger partial charge is 0.252 e. The average molecular weight is 303 g/mol. The van der Waals surface area contributed by atoms with Gasteiger partial charge in [-0.3, -0.25) is 9.59 Å². The Hall–Kier alpha value is -2.01. The zero-order valence-corrected chi connectivity index (χ0v) is 13.0. The second kappa shape index (κ2) is 6.18. The maximum Gasteiger partial charge on any atom is 0.252 e. The molecule has 1 amide bonds. The summed E-state index contributed by atoms with van der Waals surface area (Å²) in [6.45, 7) is 5.80. The minimum absolute atomic E-state index is 0.132. The fourth-order valence-electron chi connectivity index (χ4n) is 1.71. The third-order valence-electron chi connectivity index (χ3n) is 2.55. The molecule has 0 aliphatic heterocycles. The van der Waals surface area contributed by atoms with Crippen LogP contribution in [-0.2, 0) is 0 Å². The van der Waals surface area contributed by atoms with Crippen molar-refractivity contribution in [3.8, 4) is 0 Å². The lowest BCUT2D eigenvalue weighted by Gasteiger charge is -2.21. The Morgan fingerprint density at radius 2 is 1.90 bits per heavy atom. The van der Waals surface area contributed by atoms with E-state index in [2.05, 4.69) is 5.32 Å². The molecular formula is C16H17NO3S. The number of benzene rings is 1. The molecule has 0 aliphatic carbocycles. The van der Waals surface area contributed by atoms with Crippen LogP contribution in [0.15, 0.2) is 50.8 Å². The van der Waals surface area contributed by atoms with Gasteiger partial charge in [0.15, 0.2) is 17.1 Å². The van der Waals surface area contributed by atoms with Gasteiger partial charge < -0.3 is 9.73 Å². The topological polar surface area (TPSA) is 59.3 Å². The number of carbonyl (C=O) groups excluding carboxylic acids is 2. The van der Waals surface area contributed by atoms with Crippen LogP contribution in [0.2, 0.25) is 0 Å². The third-order valence-corrected chi connectivity index (χ3v) is 3.55. The number of hydrogen-bond acceptors (Lipinski definition) is 4. The Balaban J connectivity index is 2.24. The zero-order chi connectivity index (χ0) is 15.5. The molecule has 110 valence electrons. The van der Waals surface area contributed by atoms with Gasteiger partial charge in [0.2, 0.25) is 0 Å². The van der Waals surface area contributed by atoms with E-state index in [1.807, 2.05) is 39.0 Å². The number of furan rings is 1. The van der Waals surface area contributed by atoms with Gasteiger partial charge in [0, 0.05) is 10.4 Å². The quantitative estimate of drug-likeness (QED) is 0.873. The first kappa shape index (κ1) is 15.4. The summed E-state index contributed by atoms with van der Waals surface area (Å²) < 4.78 is 5.34. The third kappa shape index (κ3) is 4.23. The lowest BCUT2D eigenvalue weighted by molar-refractivity contribution is 0.0916. The molecule has 0 saturated carbocycles. The minimum atomic E-state index is -0.301. The van der Waals surface area contributed by atoms with Crippen molar-refractivity contribution in [3.63, 3.8) is 0 Å². The summed E-state index contributed by atoms with van der Waals surface area (Å²) >= 11 is 1.32. The maximum atomic E-state index is 12.3. The highest BCUT2D eigenvalue weighted by Gasteiger charge is 2.18. The van der Waals surface area contributed by atoms with E-state index in [1.54, 1.807) is 18.2 Å². The van der Waals surface area contributed by atoms with Gasteiger partial charge in [-0.2, -0.15) is 0 Å². The number of carbonyl (C=O) groups is 2. The van der Waals surface area contributed by atoms with Gasteiger partial charge in [-0.05, 0) is 45.0 Å². The van der Waals surface area contributed by atoms with Crippen molar-refractivity contribution < 1.29 is 14.0 Å². The van der Waals surface area contributed by atoms with Gasteiger partial charge in [-0.25, -0.2) is 0 Å². The predicted octanol–water partition coefficient (Wildman–Crippen LogP) is 3.77. The largest absolute Gasteiger partial charge is 0.447 e. The Kier molecular flexibility index (Phi) is 4.53. The number of amides is 1. The number of rotatable bonds is 4. The van der Waals surface area contributed by atoms with Crippen LogP contribution < -0.4 is 5.32 Å². The molecule has 1 aromatic heterocycles. The maximum absolute atomic E-state index is 12.3. The van der Waals surface area contributed by atoms with Gasteiger partial charge in [-0.1, -0.05) is 23.9 Å². The summed E-state index contributed by atoms with van der Waals surface area (Å²) in [7, 11) is 0. The van der Waals surface area contributed by atoms with E-state index in [0.29, 0.717) is 16.9 Å². The van der Waals surface area contributed by atoms with E-state index in [0.717, 1.165) is 4.90 Å². The van der Waals surface area contributed by atoms with Crippen molar-refractivity contribution in [3.05, 3.63) is 47.7 Å². The average Bonchev–Trinajstić information content (AvgIpc) is 2.85. The molecule has 2 rings (SSSR count). The van der Waals surface area contributed by atoms with Crippen LogP contribution in [0, 0.1) is 0 Å². The van der Waals surface area contributed by atoms with Crippen molar-refractivity contribution >= 4 is 24.0 Å². The molecule has 0 fully saturated rings. The highest BCUT2D eigenvalue weighted by atomic mass is 32.2. The van der Waals surface area contributed by atoms with Crippen LogP contribution in [0.3, 0.4) is 0 Å². The molecule has 5 heteroatoms. The zero-order valence-electron chi connectivity index (χ0n) is 12.2. The highest BCUT2D eigenvalue weighted by molar-refractivity contribution is 7.99. The summed E-state index contributed by atoms with van der Waals surface area (Å²) in [6, 6.07) is 10.6. The van der Waals surface area contributed by atoms with Gasteiger partial charge in [0.05, 0.1) is 5.56 Å². The fourth-order valence-corrected chi connectivity index (χ4v) is 2.62. The first-order chi connectivity index (χ1) is 9.89. The van der Waals surface area contributed by atoms with E-state index in [1.165, 1.54) is 11.8 Å². The molecular weight excluding hydrogens is 286 g/mol. The number of aldehydes is 1. The van der Waals surface area contributed by atoms with Gasteiger partial charge in [-0.15, -0.1) is 0 Å². The molecule has 1 N–H and O–H groups in total. The van der Waals surface area contributed by atoms with E-state index in [4.69, 9.17) is 4.42 Å². The summed E-state index contributed by atoms with van der Waals surface area (Å²) in [4.78, 5) is 23.7. The van der Waals surface area contributed by atoms with Crippen LogP contribution in [0.5, 0.6) is 0 Å². The Morgan fingerprint density at radius 3 is 2.52 bits per heavy atom. The Labute approximate surface area is 127 Å². The van der Waals surface area contributed by atoms with Crippen molar-refractivity contribution in [2.75, 3.05) is 0 Å². The molecule has 21 heavy (non-hydrogen) atoms. The fraction of sp³-hybridized carbons (Fsp3) is 0.250. The van der Waals surface area contributed by atoms with E-state index in [-0.39, 0.29) is 17.2 Å². The first-order valence-corrected chi connectivity index (χ1v) is 7.35. The van der Waals surface area contributed by atoms with Gasteiger partial charge in [0.25, 0.3) is 5.91 Å². The lowest BCUT2D eigenvalue weighted by Crippen LogP contribution is -2.40. The summed E-state index contributed by atoms with van der Waals surface area (Å²) in [5.41, 5.74) is 0.283. The van der Waals surface area contributed by atoms with Crippen molar-refractivity contribution in [1.29, 1.82) is 0 Å². The molecule has 0 spiro atoms. The first-order valence-electron chi connectivity index (χ1n) is 6.53. The van der Waals surface area contributed by atoms with Gasteiger partial charge in [0.1, 0.15) is 0 Å². The molecule has 0 unspecified atom stereocenters. The second-order valence-electron chi connectivity index (χ2n) is 5.58. The van der Waals surface area contributed by atoms with E-state index >= 15 is 0 Å². The molecule has 1 heterocycles. The SMILES string of the molecule is CC(C)(C)NC(=O)c1ccccc1Sc1ccc(C=O)o1. The Bertz CT molecular complexity index is 656. The highest BCUT2D eigenvalue weighted by Crippen LogP contribution is 2.31. The predicted molar refractivity (Wildman–Crippen MR) is 81.9 cm³/mol. The molecule has 2 aromatic rings. The standard InChI is InChI=1S/C16H17NO3S/c1-16(2,3)17-15(19)12-6-4-5-7-13(12)21-14-9-8-11(10-18)20-14/h4-10H,1-3H3,(H,17,19). The van der Waals surface area contributed by atoms with Crippen LogP contribution in [-0.4, -0.2) is 17.7 Å². The second-order valence-corrected chi connectivity index (χ2v) is 6.62. The molecule has 0 atom stereocenters. The Morgan fingerprint density at radius 1 is 1.19 bits per heavy atom. The van der Waals surface area contributed by atoms with Crippen LogP contribution in [0.1, 0.15) is 41.7 Å². The summed E-state index contributed by atoms with van der Waals surface area (Å²) in [5, 5.41) is 3.52. The van der Waals surface area contributed by atoms with E-state index in [9.17, 15) is 9.59 Å². The molecule has 0 bridgehead atoms. The van der Waals surface area contributed by atoms with Crippen LogP contribution >= 0.6 is 11.8 Å². The number of nitrogens with one attached hydrogen (secondary N) is 1. The van der Waals surface area contributed by atoms with Crippen LogP contribution in [0.4, 0.5) is 0 Å². The summed E-state index contributed by atoms with van der Waals surface area (Å²) in [6.07, 6.45) is 0.655.